The van der Waals surface area contributed by atoms with E-state index in [2.05, 4.69) is 5.32 Å². The van der Waals surface area contributed by atoms with Crippen molar-refractivity contribution in [2.75, 3.05) is 18.5 Å². The first-order chi connectivity index (χ1) is 14.2. The fraction of sp³-hybridized carbons (Fsp3) is 0.130. The molecule has 0 atom stereocenters. The van der Waals surface area contributed by atoms with Crippen LogP contribution in [0.3, 0.4) is 0 Å². The molecule has 0 aliphatic rings. The van der Waals surface area contributed by atoms with Crippen LogP contribution in [0.4, 0.5) is 5.69 Å². The van der Waals surface area contributed by atoms with Crippen LogP contribution in [0.25, 0.3) is 21.7 Å². The van der Waals surface area contributed by atoms with E-state index in [1.807, 2.05) is 42.5 Å². The number of nitrogens with one attached hydrogen (secondary N) is 1. The van der Waals surface area contributed by atoms with E-state index in [1.165, 1.54) is 0 Å². The van der Waals surface area contributed by atoms with E-state index in [0.717, 1.165) is 10.8 Å². The maximum Gasteiger partial charge on any atom is 0.376 e. The molecule has 3 aromatic carbocycles. The highest BCUT2D eigenvalue weighted by molar-refractivity contribution is 6.09. The lowest BCUT2D eigenvalue weighted by Gasteiger charge is -2.10. The largest absolute Gasteiger partial charge is 0.483 e. The topological polar surface area (TPSA) is 77.8 Å². The monoisotopic (exact) mass is 389 g/mol. The summed E-state index contributed by atoms with van der Waals surface area (Å²) < 4.78 is 16.4. The molecule has 29 heavy (non-hydrogen) atoms. The maximum atomic E-state index is 12.6. The lowest BCUT2D eigenvalue weighted by Crippen LogP contribution is -2.21. The Kier molecular flexibility index (Phi) is 5.16. The highest BCUT2D eigenvalue weighted by Crippen LogP contribution is 2.31. The zero-order chi connectivity index (χ0) is 20.2. The van der Waals surface area contributed by atoms with Crippen molar-refractivity contribution >= 4 is 39.3 Å². The van der Waals surface area contributed by atoms with Crippen LogP contribution in [0.1, 0.15) is 17.5 Å². The number of amides is 1. The van der Waals surface area contributed by atoms with Crippen LogP contribution in [0.5, 0.6) is 5.75 Å². The number of para-hydroxylation sites is 1. The molecule has 4 rings (SSSR count). The Balaban J connectivity index is 1.56. The van der Waals surface area contributed by atoms with Gasteiger partial charge in [-0.05, 0) is 30.5 Å². The Morgan fingerprint density at radius 1 is 0.931 bits per heavy atom. The molecule has 0 spiro atoms. The SMILES string of the molecule is CCOC(=O)c1oc2ccccc2c1NC(=O)COc1cccc2ccccc12. The van der Waals surface area contributed by atoms with Gasteiger partial charge in [0.15, 0.2) is 6.61 Å². The molecule has 0 aliphatic carbocycles. The molecular formula is C23H19NO5. The minimum Gasteiger partial charge on any atom is -0.483 e. The Hall–Kier alpha value is -3.80. The van der Waals surface area contributed by atoms with Crippen LogP contribution in [0.2, 0.25) is 0 Å². The van der Waals surface area contributed by atoms with Gasteiger partial charge < -0.3 is 19.2 Å². The number of rotatable bonds is 6. The summed E-state index contributed by atoms with van der Waals surface area (Å²) in [6.45, 7) is 1.69. The van der Waals surface area contributed by atoms with Crippen LogP contribution in [-0.2, 0) is 9.53 Å². The van der Waals surface area contributed by atoms with E-state index in [4.69, 9.17) is 13.9 Å². The van der Waals surface area contributed by atoms with E-state index in [1.54, 1.807) is 31.2 Å². The third kappa shape index (κ3) is 3.78. The van der Waals surface area contributed by atoms with Gasteiger partial charge in [-0.25, -0.2) is 4.79 Å². The number of fused-ring (bicyclic) bond motifs is 2. The van der Waals surface area contributed by atoms with E-state index < -0.39 is 11.9 Å². The zero-order valence-electron chi connectivity index (χ0n) is 15.8. The van der Waals surface area contributed by atoms with Gasteiger partial charge in [0, 0.05) is 10.8 Å². The number of benzene rings is 3. The van der Waals surface area contributed by atoms with Crippen molar-refractivity contribution in [2.45, 2.75) is 6.92 Å². The maximum absolute atomic E-state index is 12.6. The highest BCUT2D eigenvalue weighted by atomic mass is 16.5. The van der Waals surface area contributed by atoms with Gasteiger partial charge in [-0.3, -0.25) is 4.79 Å². The molecule has 0 aliphatic heterocycles. The molecule has 0 saturated heterocycles. The van der Waals surface area contributed by atoms with Crippen LogP contribution >= 0.6 is 0 Å². The smallest absolute Gasteiger partial charge is 0.376 e. The summed E-state index contributed by atoms with van der Waals surface area (Å²) in [5, 5.41) is 5.30. The van der Waals surface area contributed by atoms with Crippen molar-refractivity contribution in [3.8, 4) is 5.75 Å². The summed E-state index contributed by atoms with van der Waals surface area (Å²) in [5.74, 6) is -0.462. The van der Waals surface area contributed by atoms with Crippen molar-refractivity contribution in [2.24, 2.45) is 0 Å². The lowest BCUT2D eigenvalue weighted by atomic mass is 10.1. The summed E-state index contributed by atoms with van der Waals surface area (Å²) in [6, 6.07) is 20.5. The van der Waals surface area contributed by atoms with Gasteiger partial charge in [-0.1, -0.05) is 48.5 Å². The molecule has 1 heterocycles. The van der Waals surface area contributed by atoms with Crippen molar-refractivity contribution < 1.29 is 23.5 Å². The van der Waals surface area contributed by atoms with Gasteiger partial charge in [0.2, 0.25) is 5.76 Å². The van der Waals surface area contributed by atoms with E-state index in [9.17, 15) is 9.59 Å². The van der Waals surface area contributed by atoms with Crippen LogP contribution in [-0.4, -0.2) is 25.1 Å². The van der Waals surface area contributed by atoms with Crippen LogP contribution in [0.15, 0.2) is 71.1 Å². The molecule has 1 N–H and O–H groups in total. The molecule has 146 valence electrons. The Bertz CT molecular complexity index is 1190. The minimum absolute atomic E-state index is 0.0356. The molecular weight excluding hydrogens is 370 g/mol. The summed E-state index contributed by atoms with van der Waals surface area (Å²) >= 11 is 0. The Labute approximate surface area is 167 Å². The van der Waals surface area contributed by atoms with Crippen molar-refractivity contribution in [3.63, 3.8) is 0 Å². The van der Waals surface area contributed by atoms with Gasteiger partial charge in [0.25, 0.3) is 5.91 Å². The van der Waals surface area contributed by atoms with Gasteiger partial charge in [-0.15, -0.1) is 0 Å². The Morgan fingerprint density at radius 2 is 1.66 bits per heavy atom. The van der Waals surface area contributed by atoms with Gasteiger partial charge in [0.05, 0.1) is 6.61 Å². The predicted molar refractivity (Wildman–Crippen MR) is 110 cm³/mol. The molecule has 0 radical (unpaired) electrons. The molecule has 4 aromatic rings. The standard InChI is InChI=1S/C23H19NO5/c1-2-27-23(26)22-21(17-11-5-6-12-19(17)29-22)24-20(25)14-28-18-13-7-9-15-8-3-4-10-16(15)18/h3-13H,2,14H2,1H3,(H,24,25). The average Bonchev–Trinajstić information content (AvgIpc) is 3.11. The van der Waals surface area contributed by atoms with E-state index in [0.29, 0.717) is 16.7 Å². The number of carbonyl (C=O) groups is 2. The first kappa shape index (κ1) is 18.6. The normalized spacial score (nSPS) is 10.8. The average molecular weight is 389 g/mol. The van der Waals surface area contributed by atoms with Gasteiger partial charge in [0.1, 0.15) is 17.0 Å². The number of carbonyl (C=O) groups excluding carboxylic acids is 2. The summed E-state index contributed by atoms with van der Waals surface area (Å²) in [7, 11) is 0. The molecule has 1 amide bonds. The summed E-state index contributed by atoms with van der Waals surface area (Å²) in [6.07, 6.45) is 0. The molecule has 1 aromatic heterocycles. The van der Waals surface area contributed by atoms with Gasteiger partial charge in [-0.2, -0.15) is 0 Å². The number of ether oxygens (including phenoxy) is 2. The van der Waals surface area contributed by atoms with Crippen LogP contribution < -0.4 is 10.1 Å². The molecule has 6 heteroatoms. The van der Waals surface area contributed by atoms with E-state index >= 15 is 0 Å². The second kappa shape index (κ2) is 8.06. The fourth-order valence-corrected chi connectivity index (χ4v) is 3.15. The highest BCUT2D eigenvalue weighted by Gasteiger charge is 2.23. The van der Waals surface area contributed by atoms with Gasteiger partial charge >= 0.3 is 5.97 Å². The molecule has 0 fully saturated rings. The van der Waals surface area contributed by atoms with Crippen molar-refractivity contribution in [3.05, 3.63) is 72.5 Å². The first-order valence-corrected chi connectivity index (χ1v) is 9.26. The molecule has 6 nitrogen and oxygen atoms in total. The molecule has 0 bridgehead atoms. The lowest BCUT2D eigenvalue weighted by molar-refractivity contribution is -0.118. The van der Waals surface area contributed by atoms with Crippen molar-refractivity contribution in [1.29, 1.82) is 0 Å². The first-order valence-electron chi connectivity index (χ1n) is 9.26. The second-order valence-corrected chi connectivity index (χ2v) is 6.34. The number of furan rings is 1. The number of anilines is 1. The Morgan fingerprint density at radius 3 is 2.48 bits per heavy atom. The molecule has 0 unspecified atom stereocenters. The third-order valence-electron chi connectivity index (χ3n) is 4.43. The fourth-order valence-electron chi connectivity index (χ4n) is 3.15. The number of hydrogen-bond donors (Lipinski definition) is 1. The quantitative estimate of drug-likeness (QED) is 0.480. The zero-order valence-corrected chi connectivity index (χ0v) is 15.8. The van der Waals surface area contributed by atoms with Crippen molar-refractivity contribution in [1.82, 2.24) is 0 Å². The van der Waals surface area contributed by atoms with E-state index in [-0.39, 0.29) is 24.7 Å². The predicted octanol–water partition coefficient (Wildman–Crippen LogP) is 4.78. The minimum atomic E-state index is -0.631. The van der Waals surface area contributed by atoms with Crippen LogP contribution in [0, 0.1) is 0 Å². The summed E-state index contributed by atoms with van der Waals surface area (Å²) in [4.78, 5) is 24.8. The molecule has 0 saturated carbocycles. The number of hydrogen-bond acceptors (Lipinski definition) is 5. The summed E-state index contributed by atoms with van der Waals surface area (Å²) in [5.41, 5.74) is 0.770. The second-order valence-electron chi connectivity index (χ2n) is 6.34. The number of esters is 1. The third-order valence-corrected chi connectivity index (χ3v) is 4.43.